The van der Waals surface area contributed by atoms with Crippen molar-refractivity contribution in [2.45, 2.75) is 37.9 Å². The lowest BCUT2D eigenvalue weighted by molar-refractivity contribution is -0.127. The van der Waals surface area contributed by atoms with E-state index in [0.717, 1.165) is 22.3 Å². The largest absolute Gasteiger partial charge is 0.387 e. The summed E-state index contributed by atoms with van der Waals surface area (Å²) in [6.45, 7) is 3.97. The molecule has 0 aromatic heterocycles. The van der Waals surface area contributed by atoms with Crippen LogP contribution in [-0.2, 0) is 4.79 Å². The van der Waals surface area contributed by atoms with Crippen LogP contribution in [0.3, 0.4) is 0 Å². The number of hydrogen-bond donors (Lipinski definition) is 2. The van der Waals surface area contributed by atoms with Crippen LogP contribution in [0.4, 0.5) is 0 Å². The lowest BCUT2D eigenvalue weighted by atomic mass is 9.75. The highest BCUT2D eigenvalue weighted by molar-refractivity contribution is 5.93. The molecule has 34 heavy (non-hydrogen) atoms. The number of Topliss-reactive ketones (excluding diaryl/α,β-unsaturated/α-hetero) is 1. The van der Waals surface area contributed by atoms with Crippen molar-refractivity contribution in [2.75, 3.05) is 0 Å². The van der Waals surface area contributed by atoms with Gasteiger partial charge in [-0.15, -0.1) is 0 Å². The number of hydrogen-bond acceptors (Lipinski definition) is 3. The molecule has 0 bridgehead atoms. The fourth-order valence-corrected chi connectivity index (χ4v) is 4.43. The quantitative estimate of drug-likeness (QED) is 0.336. The highest BCUT2D eigenvalue weighted by atomic mass is 16.3. The number of rotatable bonds is 8. The van der Waals surface area contributed by atoms with E-state index >= 15 is 0 Å². The second kappa shape index (κ2) is 10.6. The number of aliphatic hydroxyl groups excluding tert-OH is 2. The molecule has 0 aliphatic heterocycles. The Morgan fingerprint density at radius 2 is 0.824 bits per heavy atom. The summed E-state index contributed by atoms with van der Waals surface area (Å²) in [5.41, 5.74) is 4.94. The molecule has 0 heterocycles. The first kappa shape index (κ1) is 23.6. The van der Waals surface area contributed by atoms with Crippen molar-refractivity contribution < 1.29 is 15.0 Å². The molecule has 4 rings (SSSR count). The van der Waals surface area contributed by atoms with Gasteiger partial charge in [0.25, 0.3) is 0 Å². The third kappa shape index (κ3) is 5.17. The highest BCUT2D eigenvalue weighted by Crippen LogP contribution is 2.41. The zero-order valence-corrected chi connectivity index (χ0v) is 19.5. The van der Waals surface area contributed by atoms with Gasteiger partial charge >= 0.3 is 0 Å². The second-order valence-electron chi connectivity index (χ2n) is 8.89. The van der Waals surface area contributed by atoms with Crippen LogP contribution in [-0.4, -0.2) is 16.0 Å². The molecular formula is C31H30O3. The SMILES string of the molecule is Cc1ccc(C(O)C(C(=O)C(c2ccccc2)C(O)c2ccc(C)cc2)c2ccccc2)cc1. The molecule has 0 saturated carbocycles. The van der Waals surface area contributed by atoms with Gasteiger partial charge in [0, 0.05) is 0 Å². The van der Waals surface area contributed by atoms with Crippen LogP contribution in [0.2, 0.25) is 0 Å². The van der Waals surface area contributed by atoms with Crippen molar-refractivity contribution in [1.29, 1.82) is 0 Å². The van der Waals surface area contributed by atoms with E-state index in [4.69, 9.17) is 0 Å². The Labute approximate surface area is 201 Å². The summed E-state index contributed by atoms with van der Waals surface area (Å²) in [6.07, 6.45) is -2.10. The van der Waals surface area contributed by atoms with Crippen LogP contribution in [0.5, 0.6) is 0 Å². The summed E-state index contributed by atoms with van der Waals surface area (Å²) in [6, 6.07) is 33.8. The van der Waals surface area contributed by atoms with Crippen LogP contribution in [0.15, 0.2) is 109 Å². The summed E-state index contributed by atoms with van der Waals surface area (Å²) >= 11 is 0. The van der Waals surface area contributed by atoms with E-state index in [1.807, 2.05) is 123 Å². The molecule has 0 saturated heterocycles. The first-order valence-electron chi connectivity index (χ1n) is 11.6. The van der Waals surface area contributed by atoms with Crippen LogP contribution in [0, 0.1) is 13.8 Å². The summed E-state index contributed by atoms with van der Waals surface area (Å²) in [4.78, 5) is 14.3. The van der Waals surface area contributed by atoms with Gasteiger partial charge in [-0.05, 0) is 36.1 Å². The molecule has 0 aliphatic carbocycles. The van der Waals surface area contributed by atoms with E-state index in [-0.39, 0.29) is 5.78 Å². The van der Waals surface area contributed by atoms with Gasteiger partial charge in [0.1, 0.15) is 0 Å². The van der Waals surface area contributed by atoms with Gasteiger partial charge in [0.15, 0.2) is 5.78 Å². The maximum atomic E-state index is 14.3. The predicted octanol–water partition coefficient (Wildman–Crippen LogP) is 6.21. The van der Waals surface area contributed by atoms with E-state index in [2.05, 4.69) is 0 Å². The van der Waals surface area contributed by atoms with Crippen molar-refractivity contribution >= 4 is 5.78 Å². The Morgan fingerprint density at radius 3 is 1.15 bits per heavy atom. The van der Waals surface area contributed by atoms with Crippen molar-refractivity contribution in [3.63, 3.8) is 0 Å². The fraction of sp³-hybridized carbons (Fsp3) is 0.194. The third-order valence-corrected chi connectivity index (χ3v) is 6.40. The van der Waals surface area contributed by atoms with Gasteiger partial charge in [0.2, 0.25) is 0 Å². The summed E-state index contributed by atoms with van der Waals surface area (Å²) in [7, 11) is 0. The van der Waals surface area contributed by atoms with Crippen molar-refractivity contribution in [2.24, 2.45) is 0 Å². The van der Waals surface area contributed by atoms with Gasteiger partial charge < -0.3 is 10.2 Å². The van der Waals surface area contributed by atoms with Crippen molar-refractivity contribution in [1.82, 2.24) is 0 Å². The summed E-state index contributed by atoms with van der Waals surface area (Å²) < 4.78 is 0. The highest BCUT2D eigenvalue weighted by Gasteiger charge is 2.39. The molecule has 0 aliphatic rings. The zero-order valence-electron chi connectivity index (χ0n) is 19.5. The summed E-state index contributed by atoms with van der Waals surface area (Å²) in [5, 5.41) is 23.0. The monoisotopic (exact) mass is 450 g/mol. The Balaban J connectivity index is 1.81. The van der Waals surface area contributed by atoms with Crippen molar-refractivity contribution in [3.8, 4) is 0 Å². The molecule has 4 atom stereocenters. The molecule has 172 valence electrons. The molecule has 4 aromatic carbocycles. The Bertz CT molecular complexity index is 1100. The maximum Gasteiger partial charge on any atom is 0.153 e. The lowest BCUT2D eigenvalue weighted by Crippen LogP contribution is -2.29. The molecule has 4 aromatic rings. The average Bonchev–Trinajstić information content (AvgIpc) is 2.86. The maximum absolute atomic E-state index is 14.3. The molecule has 0 amide bonds. The Morgan fingerprint density at radius 1 is 0.500 bits per heavy atom. The molecule has 0 fully saturated rings. The number of aliphatic hydroxyl groups is 2. The van der Waals surface area contributed by atoms with Gasteiger partial charge in [-0.3, -0.25) is 4.79 Å². The molecule has 4 unspecified atom stereocenters. The third-order valence-electron chi connectivity index (χ3n) is 6.40. The first-order valence-corrected chi connectivity index (χ1v) is 11.6. The van der Waals surface area contributed by atoms with Gasteiger partial charge in [-0.2, -0.15) is 0 Å². The number of carbonyl (C=O) groups is 1. The molecule has 0 spiro atoms. The predicted molar refractivity (Wildman–Crippen MR) is 136 cm³/mol. The minimum absolute atomic E-state index is 0.224. The van der Waals surface area contributed by atoms with E-state index in [0.29, 0.717) is 11.1 Å². The van der Waals surface area contributed by atoms with Crippen LogP contribution < -0.4 is 0 Å². The normalized spacial score (nSPS) is 14.7. The lowest BCUT2D eigenvalue weighted by Gasteiger charge is -2.30. The molecule has 0 radical (unpaired) electrons. The topological polar surface area (TPSA) is 57.5 Å². The first-order chi connectivity index (χ1) is 16.5. The van der Waals surface area contributed by atoms with Crippen LogP contribution in [0.1, 0.15) is 57.4 Å². The standard InChI is InChI=1S/C31H30O3/c1-21-13-17-25(18-14-21)29(32)27(23-9-5-3-6-10-23)31(34)28(24-11-7-4-8-12-24)30(33)26-19-15-22(2)16-20-26/h3-20,27-30,32-33H,1-2H3. The zero-order chi connectivity index (χ0) is 24.1. The number of carbonyl (C=O) groups excluding carboxylic acids is 1. The van der Waals surface area contributed by atoms with Crippen LogP contribution in [0.25, 0.3) is 0 Å². The molecule has 2 N–H and O–H groups in total. The van der Waals surface area contributed by atoms with E-state index < -0.39 is 24.0 Å². The minimum atomic E-state index is -1.05. The van der Waals surface area contributed by atoms with Gasteiger partial charge in [-0.1, -0.05) is 120 Å². The van der Waals surface area contributed by atoms with Gasteiger partial charge in [-0.25, -0.2) is 0 Å². The Kier molecular flexibility index (Phi) is 7.36. The molecule has 3 heteroatoms. The number of aryl methyl sites for hydroxylation is 2. The smallest absolute Gasteiger partial charge is 0.153 e. The Hall–Kier alpha value is -3.53. The minimum Gasteiger partial charge on any atom is -0.387 e. The molecule has 3 nitrogen and oxygen atoms in total. The van der Waals surface area contributed by atoms with Crippen molar-refractivity contribution in [3.05, 3.63) is 143 Å². The number of benzene rings is 4. The summed E-state index contributed by atoms with van der Waals surface area (Å²) in [5.74, 6) is -1.90. The average molecular weight is 451 g/mol. The van der Waals surface area contributed by atoms with Crippen LogP contribution >= 0.6 is 0 Å². The second-order valence-corrected chi connectivity index (χ2v) is 8.89. The van der Waals surface area contributed by atoms with E-state index in [9.17, 15) is 15.0 Å². The molecular weight excluding hydrogens is 420 g/mol. The fourth-order valence-electron chi connectivity index (χ4n) is 4.43. The van der Waals surface area contributed by atoms with E-state index in [1.165, 1.54) is 0 Å². The van der Waals surface area contributed by atoms with Gasteiger partial charge in [0.05, 0.1) is 24.0 Å². The van der Waals surface area contributed by atoms with E-state index in [1.54, 1.807) is 0 Å². The number of ketones is 1.